The van der Waals surface area contributed by atoms with Crippen molar-refractivity contribution < 1.29 is 28.2 Å². The predicted octanol–water partition coefficient (Wildman–Crippen LogP) is 6.01. The van der Waals surface area contributed by atoms with Gasteiger partial charge in [0.2, 0.25) is 0 Å². The number of hydrogen-bond donors (Lipinski definition) is 0. The molecule has 0 aliphatic rings. The van der Waals surface area contributed by atoms with Gasteiger partial charge in [0.15, 0.2) is 5.75 Å². The molecule has 1 heterocycles. The van der Waals surface area contributed by atoms with Gasteiger partial charge in [-0.25, -0.2) is 9.59 Å². The molecule has 2 aromatic carbocycles. The quantitative estimate of drug-likeness (QED) is 0.212. The van der Waals surface area contributed by atoms with Crippen LogP contribution < -0.4 is 19.8 Å². The minimum atomic E-state index is -0.948. The lowest BCUT2D eigenvalue weighted by atomic mass is 10.1. The molecule has 0 aliphatic carbocycles. The molecule has 0 saturated carbocycles. The smallest absolute Gasteiger partial charge is 0.383 e. The van der Waals surface area contributed by atoms with E-state index in [1.807, 2.05) is 13.0 Å². The zero-order valence-electron chi connectivity index (χ0n) is 20.3. The minimum absolute atomic E-state index is 0.128. The number of allylic oxidation sites excluding steroid dienone is 3. The third-order valence-corrected chi connectivity index (χ3v) is 5.02. The van der Waals surface area contributed by atoms with E-state index in [4.69, 9.17) is 18.6 Å². The standard InChI is InChI=1S/C28H28O7/c1-18(2)9-8-10-19(3)15-16-32-22-13-14-23-24(17-22)34-28(31)26(33-20(4)29)25(23)35-27(30)21-11-6-5-7-12-21/h5-7,9,11-15,17H,8,10,16H2,1-4H3/b19-15+. The van der Waals surface area contributed by atoms with Crippen LogP contribution in [0.15, 0.2) is 81.0 Å². The Morgan fingerprint density at radius 3 is 2.34 bits per heavy atom. The third-order valence-electron chi connectivity index (χ3n) is 5.02. The first-order chi connectivity index (χ1) is 16.7. The number of rotatable bonds is 9. The topological polar surface area (TPSA) is 92.0 Å². The van der Waals surface area contributed by atoms with Gasteiger partial charge in [0.05, 0.1) is 10.9 Å². The summed E-state index contributed by atoms with van der Waals surface area (Å²) in [5, 5.41) is 0.283. The number of fused-ring (bicyclic) bond motifs is 1. The summed E-state index contributed by atoms with van der Waals surface area (Å²) in [6, 6.07) is 13.0. The molecule has 0 spiro atoms. The van der Waals surface area contributed by atoms with E-state index < -0.39 is 23.3 Å². The predicted molar refractivity (Wildman–Crippen MR) is 133 cm³/mol. The molecule has 0 amide bonds. The molecule has 0 atom stereocenters. The Balaban J connectivity index is 1.87. The first kappa shape index (κ1) is 25.5. The van der Waals surface area contributed by atoms with Crippen LogP contribution in [0.2, 0.25) is 0 Å². The van der Waals surface area contributed by atoms with Gasteiger partial charge in [0, 0.05) is 13.0 Å². The van der Waals surface area contributed by atoms with E-state index in [1.54, 1.807) is 42.5 Å². The van der Waals surface area contributed by atoms with E-state index in [2.05, 4.69) is 19.9 Å². The maximum Gasteiger partial charge on any atom is 0.383 e. The Hall–Kier alpha value is -4.13. The summed E-state index contributed by atoms with van der Waals surface area (Å²) in [6.45, 7) is 7.68. The number of esters is 2. The first-order valence-electron chi connectivity index (χ1n) is 11.2. The molecule has 0 unspecified atom stereocenters. The van der Waals surface area contributed by atoms with E-state index in [0.717, 1.165) is 19.8 Å². The second-order valence-electron chi connectivity index (χ2n) is 8.24. The maximum atomic E-state index is 12.7. The number of carbonyl (C=O) groups is 2. The molecule has 3 rings (SSSR count). The zero-order valence-corrected chi connectivity index (χ0v) is 20.3. The van der Waals surface area contributed by atoms with Crippen LogP contribution in [0.25, 0.3) is 11.0 Å². The third kappa shape index (κ3) is 7.17. The summed E-state index contributed by atoms with van der Waals surface area (Å²) in [5.74, 6) is -1.67. The van der Waals surface area contributed by atoms with E-state index in [1.165, 1.54) is 17.2 Å². The second kappa shape index (κ2) is 11.8. The summed E-state index contributed by atoms with van der Waals surface area (Å²) in [4.78, 5) is 36.8. The summed E-state index contributed by atoms with van der Waals surface area (Å²) >= 11 is 0. The number of carbonyl (C=O) groups excluding carboxylic acids is 2. The Morgan fingerprint density at radius 1 is 0.914 bits per heavy atom. The molecule has 1 aromatic heterocycles. The first-order valence-corrected chi connectivity index (χ1v) is 11.2. The second-order valence-corrected chi connectivity index (χ2v) is 8.24. The Labute approximate surface area is 203 Å². The molecular formula is C28H28O7. The highest BCUT2D eigenvalue weighted by atomic mass is 16.6. The molecule has 0 aliphatic heterocycles. The van der Waals surface area contributed by atoms with Crippen molar-refractivity contribution in [2.75, 3.05) is 6.61 Å². The minimum Gasteiger partial charge on any atom is -0.489 e. The molecule has 0 radical (unpaired) electrons. The summed E-state index contributed by atoms with van der Waals surface area (Å²) in [6.07, 6.45) is 6.10. The largest absolute Gasteiger partial charge is 0.489 e. The Morgan fingerprint density at radius 2 is 1.66 bits per heavy atom. The van der Waals surface area contributed by atoms with Crippen LogP contribution in [-0.2, 0) is 4.79 Å². The van der Waals surface area contributed by atoms with Gasteiger partial charge in [-0.05, 0) is 64.0 Å². The molecule has 0 N–H and O–H groups in total. The Kier molecular flexibility index (Phi) is 8.62. The van der Waals surface area contributed by atoms with Crippen LogP contribution in [0.3, 0.4) is 0 Å². The molecule has 0 saturated heterocycles. The fourth-order valence-electron chi connectivity index (χ4n) is 3.26. The normalized spacial score (nSPS) is 11.1. The lowest BCUT2D eigenvalue weighted by Crippen LogP contribution is -2.16. The van der Waals surface area contributed by atoms with Crippen molar-refractivity contribution in [1.82, 2.24) is 0 Å². The van der Waals surface area contributed by atoms with Crippen molar-refractivity contribution in [3.05, 3.63) is 87.8 Å². The van der Waals surface area contributed by atoms with Gasteiger partial charge in [-0.2, -0.15) is 0 Å². The Bertz CT molecular complexity index is 1330. The van der Waals surface area contributed by atoms with Crippen LogP contribution in [0.4, 0.5) is 0 Å². The lowest BCUT2D eigenvalue weighted by Gasteiger charge is -2.12. The molecule has 7 nitrogen and oxygen atoms in total. The van der Waals surface area contributed by atoms with Crippen molar-refractivity contribution in [1.29, 1.82) is 0 Å². The fraction of sp³-hybridized carbons (Fsp3) is 0.250. The molecule has 35 heavy (non-hydrogen) atoms. The molecule has 0 fully saturated rings. The number of benzene rings is 2. The SMILES string of the molecule is CC(=O)Oc1c(OC(=O)c2ccccc2)c2ccc(OC/C=C(\C)CCC=C(C)C)cc2oc1=O. The van der Waals surface area contributed by atoms with Crippen molar-refractivity contribution in [2.45, 2.75) is 40.5 Å². The van der Waals surface area contributed by atoms with Gasteiger partial charge < -0.3 is 18.6 Å². The monoisotopic (exact) mass is 476 g/mol. The summed E-state index contributed by atoms with van der Waals surface area (Å²) in [5.41, 5.74) is 1.95. The fourth-order valence-corrected chi connectivity index (χ4v) is 3.26. The molecule has 7 heteroatoms. The van der Waals surface area contributed by atoms with Crippen molar-refractivity contribution in [3.63, 3.8) is 0 Å². The summed E-state index contributed by atoms with van der Waals surface area (Å²) < 4.78 is 21.7. The summed E-state index contributed by atoms with van der Waals surface area (Å²) in [7, 11) is 0. The average Bonchev–Trinajstić information content (AvgIpc) is 2.81. The van der Waals surface area contributed by atoms with Gasteiger partial charge in [0.1, 0.15) is 17.9 Å². The van der Waals surface area contributed by atoms with Crippen molar-refractivity contribution >= 4 is 22.9 Å². The van der Waals surface area contributed by atoms with Crippen LogP contribution in [-0.4, -0.2) is 18.5 Å². The number of ether oxygens (including phenoxy) is 3. The van der Waals surface area contributed by atoms with E-state index in [9.17, 15) is 14.4 Å². The zero-order chi connectivity index (χ0) is 25.4. The molecule has 3 aromatic rings. The van der Waals surface area contributed by atoms with Gasteiger partial charge in [-0.3, -0.25) is 4.79 Å². The van der Waals surface area contributed by atoms with Gasteiger partial charge >= 0.3 is 17.6 Å². The molecule has 0 bridgehead atoms. The van der Waals surface area contributed by atoms with Gasteiger partial charge in [0.25, 0.3) is 5.75 Å². The highest BCUT2D eigenvalue weighted by Crippen LogP contribution is 2.35. The number of hydrogen-bond acceptors (Lipinski definition) is 7. The van der Waals surface area contributed by atoms with Crippen LogP contribution in [0.5, 0.6) is 17.2 Å². The van der Waals surface area contributed by atoms with Crippen molar-refractivity contribution in [2.24, 2.45) is 0 Å². The average molecular weight is 477 g/mol. The molecule has 182 valence electrons. The van der Waals surface area contributed by atoms with E-state index in [-0.39, 0.29) is 22.3 Å². The van der Waals surface area contributed by atoms with Crippen molar-refractivity contribution in [3.8, 4) is 17.2 Å². The van der Waals surface area contributed by atoms with Crippen LogP contribution >= 0.6 is 0 Å². The van der Waals surface area contributed by atoms with Crippen LogP contribution in [0.1, 0.15) is 50.9 Å². The highest BCUT2D eigenvalue weighted by Gasteiger charge is 2.23. The maximum absolute atomic E-state index is 12.7. The molecular weight excluding hydrogens is 448 g/mol. The van der Waals surface area contributed by atoms with Crippen LogP contribution in [0, 0.1) is 0 Å². The lowest BCUT2D eigenvalue weighted by molar-refractivity contribution is -0.132. The van der Waals surface area contributed by atoms with E-state index in [0.29, 0.717) is 12.4 Å². The highest BCUT2D eigenvalue weighted by molar-refractivity contribution is 5.95. The van der Waals surface area contributed by atoms with E-state index >= 15 is 0 Å². The van der Waals surface area contributed by atoms with Gasteiger partial charge in [-0.1, -0.05) is 35.4 Å². The van der Waals surface area contributed by atoms with Gasteiger partial charge in [-0.15, -0.1) is 0 Å².